The third-order valence-corrected chi connectivity index (χ3v) is 2.97. The fourth-order valence-electron chi connectivity index (χ4n) is 1.27. The number of hydrogen-bond donors (Lipinski definition) is 0. The van der Waals surface area contributed by atoms with Crippen LogP contribution in [0.2, 0.25) is 0 Å². The lowest BCUT2D eigenvalue weighted by molar-refractivity contribution is 0.0597. The molecule has 0 aromatic heterocycles. The predicted octanol–water partition coefficient (Wildman–Crippen LogP) is 3.42. The molecule has 0 aliphatic carbocycles. The van der Waals surface area contributed by atoms with Crippen molar-refractivity contribution in [1.29, 1.82) is 0 Å². The SMILES string of the molecule is CC.COC(=O)c1ccc(C)cc1SC#CCN(C)C. The largest absolute Gasteiger partial charge is 0.465 e. The van der Waals surface area contributed by atoms with Crippen LogP contribution >= 0.6 is 11.8 Å². The van der Waals surface area contributed by atoms with Crippen molar-refractivity contribution in [2.24, 2.45) is 0 Å². The molecule has 110 valence electrons. The van der Waals surface area contributed by atoms with E-state index in [1.807, 2.05) is 51.9 Å². The number of esters is 1. The van der Waals surface area contributed by atoms with Gasteiger partial charge < -0.3 is 4.74 Å². The van der Waals surface area contributed by atoms with Crippen LogP contribution in [0.5, 0.6) is 0 Å². The number of benzene rings is 1. The lowest BCUT2D eigenvalue weighted by atomic mass is 10.1. The van der Waals surface area contributed by atoms with E-state index in [0.717, 1.165) is 10.5 Å². The molecule has 0 unspecified atom stereocenters. The van der Waals surface area contributed by atoms with Gasteiger partial charge in [0.2, 0.25) is 0 Å². The number of ether oxygens (including phenoxy) is 1. The van der Waals surface area contributed by atoms with E-state index >= 15 is 0 Å². The van der Waals surface area contributed by atoms with Crippen LogP contribution in [0.4, 0.5) is 0 Å². The fourth-order valence-corrected chi connectivity index (χ4v) is 2.03. The molecule has 0 amide bonds. The van der Waals surface area contributed by atoms with Gasteiger partial charge in [0, 0.05) is 4.90 Å². The van der Waals surface area contributed by atoms with Crippen LogP contribution in [-0.2, 0) is 4.74 Å². The summed E-state index contributed by atoms with van der Waals surface area (Å²) in [5.74, 6) is 2.70. The Kier molecular flexibility index (Phi) is 9.61. The van der Waals surface area contributed by atoms with Crippen molar-refractivity contribution in [3.8, 4) is 11.2 Å². The van der Waals surface area contributed by atoms with Gasteiger partial charge in [0.15, 0.2) is 0 Å². The van der Waals surface area contributed by atoms with Crippen LogP contribution < -0.4 is 0 Å². The average molecular weight is 293 g/mol. The average Bonchev–Trinajstić information content (AvgIpc) is 2.45. The highest BCUT2D eigenvalue weighted by atomic mass is 32.2. The molecule has 0 aliphatic heterocycles. The molecular formula is C16H23NO2S. The molecule has 0 atom stereocenters. The van der Waals surface area contributed by atoms with Gasteiger partial charge in [-0.1, -0.05) is 25.8 Å². The molecule has 0 N–H and O–H groups in total. The zero-order valence-electron chi connectivity index (χ0n) is 13.1. The highest BCUT2D eigenvalue weighted by Crippen LogP contribution is 2.23. The molecule has 4 heteroatoms. The van der Waals surface area contributed by atoms with Crippen molar-refractivity contribution in [3.63, 3.8) is 0 Å². The van der Waals surface area contributed by atoms with Gasteiger partial charge in [-0.15, -0.1) is 0 Å². The van der Waals surface area contributed by atoms with E-state index in [2.05, 4.69) is 11.2 Å². The molecule has 0 bridgehead atoms. The minimum absolute atomic E-state index is 0.327. The van der Waals surface area contributed by atoms with Crippen molar-refractivity contribution in [1.82, 2.24) is 4.90 Å². The van der Waals surface area contributed by atoms with Crippen molar-refractivity contribution >= 4 is 17.7 Å². The first-order valence-electron chi connectivity index (χ1n) is 6.53. The van der Waals surface area contributed by atoms with Crippen molar-refractivity contribution < 1.29 is 9.53 Å². The molecule has 1 aromatic carbocycles. The monoisotopic (exact) mass is 293 g/mol. The zero-order valence-corrected chi connectivity index (χ0v) is 13.9. The Balaban J connectivity index is 0.00000172. The van der Waals surface area contributed by atoms with Crippen molar-refractivity contribution in [2.45, 2.75) is 25.7 Å². The third-order valence-electron chi connectivity index (χ3n) is 2.17. The Morgan fingerprint density at radius 3 is 2.55 bits per heavy atom. The summed E-state index contributed by atoms with van der Waals surface area (Å²) in [6.07, 6.45) is 0. The van der Waals surface area contributed by atoms with E-state index in [1.54, 1.807) is 6.07 Å². The number of carbonyl (C=O) groups excluding carboxylic acids is 1. The molecule has 0 heterocycles. The highest BCUT2D eigenvalue weighted by molar-refractivity contribution is 8.04. The first kappa shape index (κ1) is 18.6. The van der Waals surface area contributed by atoms with E-state index < -0.39 is 0 Å². The van der Waals surface area contributed by atoms with E-state index in [4.69, 9.17) is 4.74 Å². The molecule has 0 fully saturated rings. The maximum absolute atomic E-state index is 11.6. The maximum atomic E-state index is 11.6. The molecule has 1 aromatic rings. The summed E-state index contributed by atoms with van der Waals surface area (Å²) in [5, 5.41) is 3.00. The number of hydrogen-bond acceptors (Lipinski definition) is 4. The van der Waals surface area contributed by atoms with E-state index in [-0.39, 0.29) is 5.97 Å². The zero-order chi connectivity index (χ0) is 15.5. The van der Waals surface area contributed by atoms with Gasteiger partial charge in [-0.3, -0.25) is 4.90 Å². The van der Waals surface area contributed by atoms with Crippen LogP contribution in [0.25, 0.3) is 0 Å². The molecule has 0 saturated carbocycles. The van der Waals surface area contributed by atoms with Crippen molar-refractivity contribution in [2.75, 3.05) is 27.7 Å². The van der Waals surface area contributed by atoms with Gasteiger partial charge in [-0.25, -0.2) is 4.79 Å². The van der Waals surface area contributed by atoms with Crippen LogP contribution in [0.15, 0.2) is 23.1 Å². The van der Waals surface area contributed by atoms with Gasteiger partial charge >= 0.3 is 5.97 Å². The maximum Gasteiger partial charge on any atom is 0.339 e. The van der Waals surface area contributed by atoms with Crippen molar-refractivity contribution in [3.05, 3.63) is 29.3 Å². The van der Waals surface area contributed by atoms with E-state index in [1.165, 1.54) is 18.9 Å². The number of thioether (sulfide) groups is 1. The lowest BCUT2D eigenvalue weighted by Gasteiger charge is -2.05. The number of aryl methyl sites for hydroxylation is 1. The quantitative estimate of drug-likeness (QED) is 0.485. The Hall–Kier alpha value is -1.44. The van der Waals surface area contributed by atoms with Crippen LogP contribution in [0, 0.1) is 18.1 Å². The predicted molar refractivity (Wildman–Crippen MR) is 86.1 cm³/mol. The summed E-state index contributed by atoms with van der Waals surface area (Å²) in [7, 11) is 5.31. The molecule has 20 heavy (non-hydrogen) atoms. The summed E-state index contributed by atoms with van der Waals surface area (Å²) in [5.41, 5.74) is 1.66. The summed E-state index contributed by atoms with van der Waals surface area (Å²) < 4.78 is 4.75. The molecule has 3 nitrogen and oxygen atoms in total. The van der Waals surface area contributed by atoms with Crippen LogP contribution in [0.3, 0.4) is 0 Å². The number of nitrogens with zero attached hydrogens (tertiary/aromatic N) is 1. The second-order valence-corrected chi connectivity index (χ2v) is 4.96. The number of methoxy groups -OCH3 is 1. The summed E-state index contributed by atoms with van der Waals surface area (Å²) >= 11 is 1.36. The summed E-state index contributed by atoms with van der Waals surface area (Å²) in [6, 6.07) is 5.61. The Morgan fingerprint density at radius 1 is 1.35 bits per heavy atom. The normalized spacial score (nSPS) is 9.15. The first-order chi connectivity index (χ1) is 9.54. The fraction of sp³-hybridized carbons (Fsp3) is 0.438. The van der Waals surface area contributed by atoms with E-state index in [0.29, 0.717) is 12.1 Å². The van der Waals surface area contributed by atoms with Gasteiger partial charge in [0.25, 0.3) is 0 Å². The molecular weight excluding hydrogens is 270 g/mol. The molecule has 1 rings (SSSR count). The smallest absolute Gasteiger partial charge is 0.339 e. The highest BCUT2D eigenvalue weighted by Gasteiger charge is 2.11. The first-order valence-corrected chi connectivity index (χ1v) is 7.34. The van der Waals surface area contributed by atoms with Crippen LogP contribution in [-0.4, -0.2) is 38.6 Å². The van der Waals surface area contributed by atoms with Gasteiger partial charge in [0.05, 0.1) is 19.2 Å². The standard InChI is InChI=1S/C14H17NO2S.C2H6/c1-11-6-7-12(14(16)17-4)13(10-11)18-9-5-8-15(2)3;1-2/h6-7,10H,8H2,1-4H3;1-2H3. The second kappa shape index (κ2) is 10.4. The summed E-state index contributed by atoms with van der Waals surface area (Å²) in [6.45, 7) is 6.69. The van der Waals surface area contributed by atoms with Gasteiger partial charge in [0.1, 0.15) is 0 Å². The van der Waals surface area contributed by atoms with Gasteiger partial charge in [-0.05, 0) is 55.7 Å². The molecule has 0 radical (unpaired) electrons. The van der Waals surface area contributed by atoms with E-state index in [9.17, 15) is 4.79 Å². The minimum atomic E-state index is -0.327. The minimum Gasteiger partial charge on any atom is -0.465 e. The number of rotatable bonds is 3. The second-order valence-electron chi connectivity index (χ2n) is 4.11. The Morgan fingerprint density at radius 2 is 2.00 bits per heavy atom. The Labute approximate surface area is 126 Å². The molecule has 0 saturated heterocycles. The van der Waals surface area contributed by atoms with Crippen LogP contribution in [0.1, 0.15) is 29.8 Å². The third kappa shape index (κ3) is 6.65. The molecule has 0 aliphatic rings. The number of carbonyl (C=O) groups is 1. The molecule has 0 spiro atoms. The topological polar surface area (TPSA) is 29.5 Å². The summed E-state index contributed by atoms with van der Waals surface area (Å²) in [4.78, 5) is 14.4. The Bertz CT molecular complexity index is 487. The van der Waals surface area contributed by atoms with Gasteiger partial charge in [-0.2, -0.15) is 0 Å². The lowest BCUT2D eigenvalue weighted by Crippen LogP contribution is -2.10.